The van der Waals surface area contributed by atoms with E-state index >= 15 is 0 Å². The Hall–Kier alpha value is -3.24. The van der Waals surface area contributed by atoms with Crippen LogP contribution in [0.25, 0.3) is 5.69 Å². The van der Waals surface area contributed by atoms with Gasteiger partial charge >= 0.3 is 0 Å². The third kappa shape index (κ3) is 5.22. The summed E-state index contributed by atoms with van der Waals surface area (Å²) in [6.07, 6.45) is 0. The van der Waals surface area contributed by atoms with E-state index in [4.69, 9.17) is 4.74 Å². The van der Waals surface area contributed by atoms with Crippen LogP contribution in [0.15, 0.2) is 65.1 Å². The van der Waals surface area contributed by atoms with Crippen molar-refractivity contribution in [3.63, 3.8) is 0 Å². The van der Waals surface area contributed by atoms with Gasteiger partial charge in [-0.05, 0) is 40.8 Å². The fraction of sp³-hybridized carbons (Fsp3) is 0.150. The summed E-state index contributed by atoms with van der Waals surface area (Å²) in [5.41, 5.74) is 2.40. The molecule has 2 aromatic carbocycles. The lowest BCUT2D eigenvalue weighted by Gasteiger charge is -2.07. The van der Waals surface area contributed by atoms with Gasteiger partial charge in [-0.15, -0.1) is 16.4 Å². The number of thiazole rings is 1. The van der Waals surface area contributed by atoms with E-state index in [1.165, 1.54) is 18.7 Å². The van der Waals surface area contributed by atoms with Crippen molar-refractivity contribution in [3.05, 3.63) is 70.7 Å². The Morgan fingerprint density at radius 3 is 2.90 bits per heavy atom. The van der Waals surface area contributed by atoms with Crippen molar-refractivity contribution in [2.45, 2.75) is 24.4 Å². The van der Waals surface area contributed by atoms with Crippen molar-refractivity contribution in [2.75, 3.05) is 5.32 Å². The molecule has 0 saturated carbocycles. The maximum atomic E-state index is 11.3. The summed E-state index contributed by atoms with van der Waals surface area (Å²) in [5.74, 6) is 1.33. The SMILES string of the molecule is CC(=O)Nc1cccc(-n2nnnc2SCc2csc(COc3ccccc3)n2)c1. The number of anilines is 1. The molecule has 0 atom stereocenters. The van der Waals surface area contributed by atoms with Crippen LogP contribution in [0, 0.1) is 0 Å². The summed E-state index contributed by atoms with van der Waals surface area (Å²) in [6, 6.07) is 17.0. The van der Waals surface area contributed by atoms with Crippen molar-refractivity contribution >= 4 is 34.7 Å². The van der Waals surface area contributed by atoms with Crippen molar-refractivity contribution in [1.29, 1.82) is 0 Å². The number of thioether (sulfide) groups is 1. The van der Waals surface area contributed by atoms with E-state index in [0.717, 1.165) is 22.1 Å². The smallest absolute Gasteiger partial charge is 0.221 e. The molecule has 4 rings (SSSR count). The van der Waals surface area contributed by atoms with Crippen LogP contribution in [0.1, 0.15) is 17.6 Å². The molecule has 0 aliphatic rings. The van der Waals surface area contributed by atoms with Crippen LogP contribution in [0.2, 0.25) is 0 Å². The van der Waals surface area contributed by atoms with Gasteiger partial charge in [-0.2, -0.15) is 4.68 Å². The van der Waals surface area contributed by atoms with Crippen LogP contribution in [-0.2, 0) is 17.2 Å². The number of hydrogen-bond acceptors (Lipinski definition) is 8. The number of tetrazole rings is 1. The summed E-state index contributed by atoms with van der Waals surface area (Å²) in [7, 11) is 0. The Morgan fingerprint density at radius 2 is 2.07 bits per heavy atom. The monoisotopic (exact) mass is 438 g/mol. The lowest BCUT2D eigenvalue weighted by molar-refractivity contribution is -0.114. The van der Waals surface area contributed by atoms with Gasteiger partial charge in [-0.1, -0.05) is 36.0 Å². The first kappa shape index (κ1) is 20.0. The molecule has 30 heavy (non-hydrogen) atoms. The molecule has 0 spiro atoms. The van der Waals surface area contributed by atoms with E-state index < -0.39 is 0 Å². The Kier molecular flexibility index (Phi) is 6.35. The molecular formula is C20H18N6O2S2. The van der Waals surface area contributed by atoms with Gasteiger partial charge in [-0.3, -0.25) is 4.79 Å². The highest BCUT2D eigenvalue weighted by atomic mass is 32.2. The molecule has 2 aromatic heterocycles. The topological polar surface area (TPSA) is 94.8 Å². The lowest BCUT2D eigenvalue weighted by atomic mass is 10.3. The Balaban J connectivity index is 1.38. The van der Waals surface area contributed by atoms with Crippen LogP contribution in [0.3, 0.4) is 0 Å². The summed E-state index contributed by atoms with van der Waals surface area (Å²) in [6.45, 7) is 1.91. The average molecular weight is 439 g/mol. The zero-order chi connectivity index (χ0) is 20.8. The second-order valence-corrected chi connectivity index (χ2v) is 8.11. The standard InChI is InChI=1S/C20H18N6O2S2/c1-14(27)21-15-6-5-7-17(10-15)26-20(23-24-25-26)30-13-16-12-29-19(22-16)11-28-18-8-3-2-4-9-18/h2-10,12H,11,13H2,1H3,(H,21,27). The van der Waals surface area contributed by atoms with Crippen molar-refractivity contribution < 1.29 is 9.53 Å². The van der Waals surface area contributed by atoms with E-state index in [9.17, 15) is 4.79 Å². The Labute approximate surface area is 181 Å². The number of para-hydroxylation sites is 1. The summed E-state index contributed by atoms with van der Waals surface area (Å²) < 4.78 is 7.39. The van der Waals surface area contributed by atoms with Gasteiger partial charge in [0.05, 0.1) is 11.4 Å². The minimum absolute atomic E-state index is 0.131. The summed E-state index contributed by atoms with van der Waals surface area (Å²) in [4.78, 5) is 15.9. The van der Waals surface area contributed by atoms with E-state index in [0.29, 0.717) is 23.2 Å². The number of aromatic nitrogens is 5. The highest BCUT2D eigenvalue weighted by Crippen LogP contribution is 2.25. The molecule has 152 valence electrons. The molecule has 0 radical (unpaired) electrons. The molecule has 4 aromatic rings. The maximum Gasteiger partial charge on any atom is 0.221 e. The first-order chi connectivity index (χ1) is 14.7. The minimum atomic E-state index is -0.131. The number of ether oxygens (including phenoxy) is 1. The van der Waals surface area contributed by atoms with Crippen LogP contribution in [0.5, 0.6) is 5.75 Å². The number of nitrogens with one attached hydrogen (secondary N) is 1. The minimum Gasteiger partial charge on any atom is -0.486 e. The molecule has 1 amide bonds. The van der Waals surface area contributed by atoms with Gasteiger partial charge in [-0.25, -0.2) is 4.98 Å². The van der Waals surface area contributed by atoms with Crippen molar-refractivity contribution in [1.82, 2.24) is 25.2 Å². The quantitative estimate of drug-likeness (QED) is 0.416. The Morgan fingerprint density at radius 1 is 1.20 bits per heavy atom. The van der Waals surface area contributed by atoms with Gasteiger partial charge in [0.1, 0.15) is 17.4 Å². The van der Waals surface area contributed by atoms with Gasteiger partial charge in [0, 0.05) is 23.7 Å². The second kappa shape index (κ2) is 9.51. The number of amides is 1. The fourth-order valence-electron chi connectivity index (χ4n) is 2.63. The number of rotatable bonds is 8. The number of nitrogens with zero attached hydrogens (tertiary/aromatic N) is 5. The van der Waals surface area contributed by atoms with Crippen molar-refractivity contribution in [2.24, 2.45) is 0 Å². The average Bonchev–Trinajstić information content (AvgIpc) is 3.40. The number of carbonyl (C=O) groups excluding carboxylic acids is 1. The molecule has 2 heterocycles. The second-order valence-electron chi connectivity index (χ2n) is 6.23. The normalized spacial score (nSPS) is 10.7. The molecule has 10 heteroatoms. The molecule has 0 unspecified atom stereocenters. The van der Waals surface area contributed by atoms with Gasteiger partial charge in [0.25, 0.3) is 0 Å². The molecular weight excluding hydrogens is 420 g/mol. The summed E-state index contributed by atoms with van der Waals surface area (Å²) in [5, 5.41) is 18.3. The maximum absolute atomic E-state index is 11.3. The predicted molar refractivity (Wildman–Crippen MR) is 116 cm³/mol. The zero-order valence-corrected chi connectivity index (χ0v) is 17.7. The van der Waals surface area contributed by atoms with E-state index in [1.54, 1.807) is 16.0 Å². The number of carbonyl (C=O) groups is 1. The van der Waals surface area contributed by atoms with Crippen molar-refractivity contribution in [3.8, 4) is 11.4 Å². The van der Waals surface area contributed by atoms with E-state index in [2.05, 4.69) is 25.8 Å². The zero-order valence-electron chi connectivity index (χ0n) is 16.1. The highest BCUT2D eigenvalue weighted by molar-refractivity contribution is 7.98. The van der Waals surface area contributed by atoms with Crippen LogP contribution in [-0.4, -0.2) is 31.1 Å². The Bertz CT molecular complexity index is 1130. The summed E-state index contributed by atoms with van der Waals surface area (Å²) >= 11 is 3.06. The van der Waals surface area contributed by atoms with Gasteiger partial charge < -0.3 is 10.1 Å². The van der Waals surface area contributed by atoms with Gasteiger partial charge in [0.2, 0.25) is 11.1 Å². The first-order valence-corrected chi connectivity index (χ1v) is 10.9. The lowest BCUT2D eigenvalue weighted by Crippen LogP contribution is -2.07. The number of benzene rings is 2. The van der Waals surface area contributed by atoms with Gasteiger partial charge in [0.15, 0.2) is 0 Å². The number of hydrogen-bond donors (Lipinski definition) is 1. The third-order valence-corrected chi connectivity index (χ3v) is 5.73. The first-order valence-electron chi connectivity index (χ1n) is 9.08. The largest absolute Gasteiger partial charge is 0.486 e. The van der Waals surface area contributed by atoms with E-state index in [-0.39, 0.29) is 5.91 Å². The molecule has 0 aliphatic carbocycles. The van der Waals surface area contributed by atoms with Crippen LogP contribution >= 0.6 is 23.1 Å². The van der Waals surface area contributed by atoms with E-state index in [1.807, 2.05) is 60.0 Å². The molecule has 1 N–H and O–H groups in total. The fourth-order valence-corrected chi connectivity index (χ4v) is 4.23. The molecule has 0 fully saturated rings. The van der Waals surface area contributed by atoms with Crippen LogP contribution < -0.4 is 10.1 Å². The molecule has 0 aliphatic heterocycles. The molecule has 0 bridgehead atoms. The predicted octanol–water partition coefficient (Wildman–Crippen LogP) is 3.95. The molecule has 0 saturated heterocycles. The van der Waals surface area contributed by atoms with Crippen LogP contribution in [0.4, 0.5) is 5.69 Å². The highest BCUT2D eigenvalue weighted by Gasteiger charge is 2.12. The third-order valence-electron chi connectivity index (χ3n) is 3.91. The molecule has 8 nitrogen and oxygen atoms in total.